The van der Waals surface area contributed by atoms with E-state index < -0.39 is 0 Å². The van der Waals surface area contributed by atoms with Crippen LogP contribution in [0.5, 0.6) is 0 Å². The Kier molecular flexibility index (Phi) is 4.24. The summed E-state index contributed by atoms with van der Waals surface area (Å²) in [6, 6.07) is 13.6. The van der Waals surface area contributed by atoms with Gasteiger partial charge in [-0.25, -0.2) is 4.79 Å². The lowest BCUT2D eigenvalue weighted by atomic mass is 10.1. The molecule has 0 saturated carbocycles. The summed E-state index contributed by atoms with van der Waals surface area (Å²) in [6.45, 7) is 1.86. The first-order valence-electron chi connectivity index (χ1n) is 5.93. The van der Waals surface area contributed by atoms with Gasteiger partial charge in [-0.05, 0) is 48.9 Å². The van der Waals surface area contributed by atoms with Crippen LogP contribution in [-0.2, 0) is 0 Å². The van der Waals surface area contributed by atoms with Crippen molar-refractivity contribution in [3.8, 4) is 6.07 Å². The van der Waals surface area contributed by atoms with Gasteiger partial charge in [0, 0.05) is 16.4 Å². The Morgan fingerprint density at radius 3 is 2.50 bits per heavy atom. The van der Waals surface area contributed by atoms with Crippen molar-refractivity contribution in [3.63, 3.8) is 0 Å². The molecule has 0 fully saturated rings. The fourth-order valence-electron chi connectivity index (χ4n) is 1.64. The second-order valence-electron chi connectivity index (χ2n) is 4.23. The number of carbonyl (C=O) groups excluding carboxylic acids is 1. The summed E-state index contributed by atoms with van der Waals surface area (Å²) in [5.74, 6) is 0. The van der Waals surface area contributed by atoms with E-state index in [0.29, 0.717) is 22.0 Å². The van der Waals surface area contributed by atoms with Crippen LogP contribution in [0.15, 0.2) is 42.5 Å². The lowest BCUT2D eigenvalue weighted by Gasteiger charge is -2.10. The molecule has 0 aliphatic rings. The molecule has 2 rings (SSSR count). The smallest absolute Gasteiger partial charge is 0.308 e. The zero-order valence-electron chi connectivity index (χ0n) is 10.8. The van der Waals surface area contributed by atoms with Crippen molar-refractivity contribution in [2.45, 2.75) is 6.92 Å². The molecule has 0 aromatic heterocycles. The molecule has 0 spiro atoms. The van der Waals surface area contributed by atoms with Gasteiger partial charge >= 0.3 is 6.03 Å². The summed E-state index contributed by atoms with van der Waals surface area (Å²) in [4.78, 5) is 11.9. The molecule has 5 heteroatoms. The summed E-state index contributed by atoms with van der Waals surface area (Å²) < 4.78 is 0. The molecule has 20 heavy (non-hydrogen) atoms. The third-order valence-electron chi connectivity index (χ3n) is 2.72. The van der Waals surface area contributed by atoms with Gasteiger partial charge in [0.05, 0.1) is 11.6 Å². The number of anilines is 2. The summed E-state index contributed by atoms with van der Waals surface area (Å²) >= 11 is 5.77. The molecule has 0 heterocycles. The fraction of sp³-hybridized carbons (Fsp3) is 0.0667. The number of nitrogens with zero attached hydrogens (tertiary/aromatic N) is 1. The predicted molar refractivity (Wildman–Crippen MR) is 80.0 cm³/mol. The SMILES string of the molecule is Cc1ccc(C#N)cc1NC(=O)Nc1ccc(Cl)cc1. The van der Waals surface area contributed by atoms with Crippen LogP contribution in [0.4, 0.5) is 16.2 Å². The Balaban J connectivity index is 2.08. The van der Waals surface area contributed by atoms with E-state index in [4.69, 9.17) is 16.9 Å². The Labute approximate surface area is 122 Å². The minimum absolute atomic E-state index is 0.370. The molecule has 0 saturated heterocycles. The highest BCUT2D eigenvalue weighted by Crippen LogP contribution is 2.18. The normalized spacial score (nSPS) is 9.65. The van der Waals surface area contributed by atoms with Crippen molar-refractivity contribution in [1.82, 2.24) is 0 Å². The summed E-state index contributed by atoms with van der Waals surface area (Å²) in [7, 11) is 0. The van der Waals surface area contributed by atoms with E-state index in [1.165, 1.54) is 0 Å². The van der Waals surface area contributed by atoms with Crippen LogP contribution in [0.1, 0.15) is 11.1 Å². The first-order valence-corrected chi connectivity index (χ1v) is 6.30. The zero-order chi connectivity index (χ0) is 14.5. The van der Waals surface area contributed by atoms with Gasteiger partial charge in [-0.15, -0.1) is 0 Å². The lowest BCUT2D eigenvalue weighted by Crippen LogP contribution is -2.20. The van der Waals surface area contributed by atoms with E-state index in [-0.39, 0.29) is 6.03 Å². The van der Waals surface area contributed by atoms with E-state index in [9.17, 15) is 4.79 Å². The summed E-state index contributed by atoms with van der Waals surface area (Å²) in [6.07, 6.45) is 0. The average molecular weight is 286 g/mol. The highest BCUT2D eigenvalue weighted by Gasteiger charge is 2.06. The van der Waals surface area contributed by atoms with Gasteiger partial charge in [-0.3, -0.25) is 0 Å². The lowest BCUT2D eigenvalue weighted by molar-refractivity contribution is 0.262. The highest BCUT2D eigenvalue weighted by molar-refractivity contribution is 6.30. The molecule has 0 atom stereocenters. The molecule has 0 unspecified atom stereocenters. The van der Waals surface area contributed by atoms with Crippen LogP contribution in [-0.4, -0.2) is 6.03 Å². The van der Waals surface area contributed by atoms with E-state index in [1.807, 2.05) is 13.0 Å². The van der Waals surface area contributed by atoms with Crippen LogP contribution < -0.4 is 10.6 Å². The summed E-state index contributed by atoms with van der Waals surface area (Å²) in [5.41, 5.74) is 2.63. The third-order valence-corrected chi connectivity index (χ3v) is 2.97. The third kappa shape index (κ3) is 3.50. The van der Waals surface area contributed by atoms with Gasteiger partial charge in [0.2, 0.25) is 0 Å². The first-order chi connectivity index (χ1) is 9.58. The molecule has 2 aromatic carbocycles. The van der Waals surface area contributed by atoms with Crippen LogP contribution in [0.2, 0.25) is 5.02 Å². The van der Waals surface area contributed by atoms with Crippen LogP contribution >= 0.6 is 11.6 Å². The number of carbonyl (C=O) groups is 1. The number of amides is 2. The van der Waals surface area contributed by atoms with Gasteiger partial charge in [0.25, 0.3) is 0 Å². The van der Waals surface area contributed by atoms with Crippen molar-refractivity contribution < 1.29 is 4.79 Å². The molecule has 100 valence electrons. The Bertz CT molecular complexity index is 675. The number of nitrogens with one attached hydrogen (secondary N) is 2. The van der Waals surface area contributed by atoms with Gasteiger partial charge in [0.1, 0.15) is 0 Å². The molecule has 0 radical (unpaired) electrons. The monoisotopic (exact) mass is 285 g/mol. The van der Waals surface area contributed by atoms with Crippen LogP contribution in [0.25, 0.3) is 0 Å². The van der Waals surface area contributed by atoms with Gasteiger partial charge < -0.3 is 10.6 Å². The molecular formula is C15H12ClN3O. The quantitative estimate of drug-likeness (QED) is 0.870. The second kappa shape index (κ2) is 6.09. The number of urea groups is 1. The van der Waals surface area contributed by atoms with E-state index >= 15 is 0 Å². The molecule has 2 aromatic rings. The van der Waals surface area contributed by atoms with Gasteiger partial charge in [-0.1, -0.05) is 17.7 Å². The predicted octanol–water partition coefficient (Wildman–Crippen LogP) is 4.16. The van der Waals surface area contributed by atoms with Crippen molar-refractivity contribution in [2.24, 2.45) is 0 Å². The van der Waals surface area contributed by atoms with E-state index in [1.54, 1.807) is 42.5 Å². The largest absolute Gasteiger partial charge is 0.323 e. The fourth-order valence-corrected chi connectivity index (χ4v) is 1.77. The van der Waals surface area contributed by atoms with E-state index in [0.717, 1.165) is 5.56 Å². The summed E-state index contributed by atoms with van der Waals surface area (Å²) in [5, 5.41) is 14.9. The number of rotatable bonds is 2. The minimum atomic E-state index is -0.370. The maximum atomic E-state index is 11.9. The molecular weight excluding hydrogens is 274 g/mol. The minimum Gasteiger partial charge on any atom is -0.308 e. The first kappa shape index (κ1) is 13.9. The number of aryl methyl sites for hydroxylation is 1. The number of halogens is 1. The number of nitriles is 1. The average Bonchev–Trinajstić information content (AvgIpc) is 2.44. The van der Waals surface area contributed by atoms with Gasteiger partial charge in [-0.2, -0.15) is 5.26 Å². The van der Waals surface area contributed by atoms with Crippen molar-refractivity contribution in [1.29, 1.82) is 5.26 Å². The molecule has 0 bridgehead atoms. The topological polar surface area (TPSA) is 64.9 Å². The zero-order valence-corrected chi connectivity index (χ0v) is 11.5. The number of hydrogen-bond donors (Lipinski definition) is 2. The second-order valence-corrected chi connectivity index (χ2v) is 4.66. The highest BCUT2D eigenvalue weighted by atomic mass is 35.5. The maximum absolute atomic E-state index is 11.9. The maximum Gasteiger partial charge on any atom is 0.323 e. The van der Waals surface area contributed by atoms with Crippen LogP contribution in [0.3, 0.4) is 0 Å². The van der Waals surface area contributed by atoms with Gasteiger partial charge in [0.15, 0.2) is 0 Å². The molecule has 4 nitrogen and oxygen atoms in total. The number of benzene rings is 2. The Morgan fingerprint density at radius 1 is 1.15 bits per heavy atom. The van der Waals surface area contributed by atoms with E-state index in [2.05, 4.69) is 10.6 Å². The molecule has 2 N–H and O–H groups in total. The molecule has 2 amide bonds. The number of hydrogen-bond acceptors (Lipinski definition) is 2. The van der Waals surface area contributed by atoms with Crippen molar-refractivity contribution in [2.75, 3.05) is 10.6 Å². The Hall–Kier alpha value is -2.51. The Morgan fingerprint density at radius 2 is 1.85 bits per heavy atom. The van der Waals surface area contributed by atoms with Crippen molar-refractivity contribution >= 4 is 29.0 Å². The van der Waals surface area contributed by atoms with Crippen molar-refractivity contribution in [3.05, 3.63) is 58.6 Å². The molecule has 0 aliphatic heterocycles. The molecule has 0 aliphatic carbocycles. The standard InChI is InChI=1S/C15H12ClN3O/c1-10-2-3-11(9-17)8-14(10)19-15(20)18-13-6-4-12(16)5-7-13/h2-8H,1H3,(H2,18,19,20). The van der Waals surface area contributed by atoms with Crippen LogP contribution in [0, 0.1) is 18.3 Å².